The summed E-state index contributed by atoms with van der Waals surface area (Å²) in [4.78, 5) is 15.5. The molecule has 1 aliphatic rings. The molecule has 3 aromatic rings. The third-order valence-electron chi connectivity index (χ3n) is 5.42. The quantitative estimate of drug-likeness (QED) is 0.536. The van der Waals surface area contributed by atoms with Crippen molar-refractivity contribution < 1.29 is 19.4 Å². The van der Waals surface area contributed by atoms with E-state index in [-0.39, 0.29) is 18.7 Å². The fourth-order valence-corrected chi connectivity index (χ4v) is 3.78. The number of aromatic nitrogens is 1. The first kappa shape index (κ1) is 20.4. The summed E-state index contributed by atoms with van der Waals surface area (Å²) < 4.78 is 13.6. The van der Waals surface area contributed by atoms with Gasteiger partial charge in [0.15, 0.2) is 0 Å². The number of halogens is 1. The number of hydrogen-bond donors (Lipinski definition) is 2. The van der Waals surface area contributed by atoms with Gasteiger partial charge < -0.3 is 15.0 Å². The minimum absolute atomic E-state index is 0.00339. The van der Waals surface area contributed by atoms with E-state index in [0.717, 1.165) is 46.1 Å². The second kappa shape index (κ2) is 8.86. The van der Waals surface area contributed by atoms with Crippen molar-refractivity contribution in [3.63, 3.8) is 0 Å². The highest BCUT2D eigenvalue weighted by atomic mass is 19.1. The van der Waals surface area contributed by atoms with Crippen LogP contribution >= 0.6 is 0 Å². The zero-order valence-corrected chi connectivity index (χ0v) is 16.5. The molecular weight excluding hydrogens is 381 g/mol. The number of aliphatic hydroxyl groups is 2. The molecule has 0 unspecified atom stereocenters. The smallest absolute Gasteiger partial charge is 0.123 e. The lowest BCUT2D eigenvalue weighted by Gasteiger charge is -2.16. The molecule has 1 fully saturated rings. The Labute approximate surface area is 174 Å². The van der Waals surface area contributed by atoms with E-state index in [4.69, 9.17) is 4.98 Å². The van der Waals surface area contributed by atoms with E-state index in [1.54, 1.807) is 18.2 Å². The minimum atomic E-state index is -0.889. The van der Waals surface area contributed by atoms with Gasteiger partial charge >= 0.3 is 0 Å². The molecule has 2 aromatic carbocycles. The summed E-state index contributed by atoms with van der Waals surface area (Å²) in [6.45, 7) is 0. The Morgan fingerprint density at radius 3 is 2.53 bits per heavy atom. The first-order valence-corrected chi connectivity index (χ1v) is 10.2. The Balaban J connectivity index is 1.83. The Kier molecular flexibility index (Phi) is 6.02. The van der Waals surface area contributed by atoms with Crippen molar-refractivity contribution in [1.82, 2.24) is 4.98 Å². The van der Waals surface area contributed by atoms with Crippen molar-refractivity contribution in [2.75, 3.05) is 0 Å². The van der Waals surface area contributed by atoms with Gasteiger partial charge in [-0.3, -0.25) is 4.98 Å². The Hall–Kier alpha value is -2.89. The molecule has 154 valence electrons. The third-order valence-corrected chi connectivity index (χ3v) is 5.42. The van der Waals surface area contributed by atoms with E-state index in [0.29, 0.717) is 12.2 Å². The normalized spacial score (nSPS) is 16.1. The van der Waals surface area contributed by atoms with Crippen LogP contribution in [0.5, 0.6) is 0 Å². The fraction of sp³-hybridized carbons (Fsp3) is 0.280. The molecule has 1 aliphatic carbocycles. The average molecular weight is 405 g/mol. The lowest BCUT2D eigenvalue weighted by Crippen LogP contribution is -2.16. The van der Waals surface area contributed by atoms with Crippen LogP contribution in [0.4, 0.5) is 4.39 Å². The Morgan fingerprint density at radius 2 is 1.83 bits per heavy atom. The van der Waals surface area contributed by atoms with E-state index >= 15 is 0 Å². The van der Waals surface area contributed by atoms with Crippen LogP contribution in [0.2, 0.25) is 0 Å². The number of carbonyl (C=O) groups is 1. The summed E-state index contributed by atoms with van der Waals surface area (Å²) in [7, 11) is 0. The summed E-state index contributed by atoms with van der Waals surface area (Å²) in [5.74, 6) is 0.0717. The van der Waals surface area contributed by atoms with Crippen molar-refractivity contribution in [2.24, 2.45) is 0 Å². The number of hydrogen-bond acceptors (Lipinski definition) is 4. The van der Waals surface area contributed by atoms with Gasteiger partial charge in [0.25, 0.3) is 0 Å². The maximum atomic E-state index is 13.6. The van der Waals surface area contributed by atoms with E-state index in [2.05, 4.69) is 0 Å². The Bertz CT molecular complexity index is 1070. The number of carbonyl (C=O) groups excluding carboxylic acids is 1. The number of pyridine rings is 1. The zero-order chi connectivity index (χ0) is 21.1. The van der Waals surface area contributed by atoms with Crippen LogP contribution in [0, 0.1) is 5.82 Å². The number of aliphatic hydroxyl groups excluding tert-OH is 2. The zero-order valence-electron chi connectivity index (χ0n) is 16.5. The number of rotatable bonds is 8. The highest BCUT2D eigenvalue weighted by Crippen LogP contribution is 2.45. The first-order valence-electron chi connectivity index (χ1n) is 10.2. The molecule has 1 aromatic heterocycles. The van der Waals surface area contributed by atoms with Gasteiger partial charge in [0.05, 0.1) is 23.4 Å². The van der Waals surface area contributed by atoms with Gasteiger partial charge in [-0.05, 0) is 36.6 Å². The summed E-state index contributed by atoms with van der Waals surface area (Å²) in [5, 5.41) is 21.1. The van der Waals surface area contributed by atoms with Gasteiger partial charge in [0.1, 0.15) is 12.1 Å². The van der Waals surface area contributed by atoms with Crippen LogP contribution in [0.15, 0.2) is 54.6 Å². The topological polar surface area (TPSA) is 70.4 Å². The maximum absolute atomic E-state index is 13.6. The van der Waals surface area contributed by atoms with Gasteiger partial charge in [-0.15, -0.1) is 0 Å². The summed E-state index contributed by atoms with van der Waals surface area (Å²) in [6.07, 6.45) is 4.58. The maximum Gasteiger partial charge on any atom is 0.123 e. The monoisotopic (exact) mass is 405 g/mol. The molecule has 4 nitrogen and oxygen atoms in total. The lowest BCUT2D eigenvalue weighted by molar-refractivity contribution is -0.109. The van der Waals surface area contributed by atoms with Crippen molar-refractivity contribution >= 4 is 23.3 Å². The van der Waals surface area contributed by atoms with Crippen LogP contribution in [0.1, 0.15) is 42.9 Å². The molecule has 0 bridgehead atoms. The van der Waals surface area contributed by atoms with Gasteiger partial charge in [0, 0.05) is 35.3 Å². The molecule has 0 amide bonds. The highest BCUT2D eigenvalue weighted by Gasteiger charge is 2.29. The second-order valence-electron chi connectivity index (χ2n) is 7.80. The molecule has 0 aliphatic heterocycles. The van der Waals surface area contributed by atoms with Crippen LogP contribution < -0.4 is 0 Å². The Morgan fingerprint density at radius 1 is 1.10 bits per heavy atom. The molecule has 30 heavy (non-hydrogen) atoms. The molecule has 0 saturated heterocycles. The molecule has 1 saturated carbocycles. The second-order valence-corrected chi connectivity index (χ2v) is 7.80. The summed E-state index contributed by atoms with van der Waals surface area (Å²) in [6, 6.07) is 14.3. The number of aldehydes is 1. The van der Waals surface area contributed by atoms with Crippen LogP contribution in [0.25, 0.3) is 28.1 Å². The van der Waals surface area contributed by atoms with Gasteiger partial charge in [-0.2, -0.15) is 0 Å². The van der Waals surface area contributed by atoms with Gasteiger partial charge in [0.2, 0.25) is 0 Å². The molecule has 0 radical (unpaired) electrons. The van der Waals surface area contributed by atoms with Crippen molar-refractivity contribution in [3.05, 3.63) is 71.7 Å². The highest BCUT2D eigenvalue weighted by molar-refractivity contribution is 5.99. The van der Waals surface area contributed by atoms with Crippen LogP contribution in [-0.4, -0.2) is 33.7 Å². The number of benzene rings is 2. The van der Waals surface area contributed by atoms with Crippen molar-refractivity contribution in [3.8, 4) is 11.1 Å². The summed E-state index contributed by atoms with van der Waals surface area (Å²) >= 11 is 0. The first-order chi connectivity index (χ1) is 14.6. The molecule has 2 N–H and O–H groups in total. The minimum Gasteiger partial charge on any atom is -0.393 e. The number of fused-ring (bicyclic) bond motifs is 1. The molecule has 5 heteroatoms. The molecule has 0 spiro atoms. The molecular formula is C25H24FNO3. The number of para-hydroxylation sites is 1. The third kappa shape index (κ3) is 4.48. The molecule has 2 atom stereocenters. The van der Waals surface area contributed by atoms with E-state index in [9.17, 15) is 19.4 Å². The average Bonchev–Trinajstić information content (AvgIpc) is 3.57. The van der Waals surface area contributed by atoms with E-state index in [1.165, 1.54) is 12.1 Å². The molecule has 4 rings (SSSR count). The van der Waals surface area contributed by atoms with Gasteiger partial charge in [-0.1, -0.05) is 42.5 Å². The standard InChI is InChI=1S/C25H24FNO3/c26-18-9-7-16(8-10-18)24-21-3-1-2-4-23(21)27-25(17-5-6-17)22(24)12-11-19(29)15-20(30)13-14-28/h1-4,7-12,14,17,19-20,29-30H,5-6,13,15H2/b12-11+/t19-,20+/m1/s1. The van der Waals surface area contributed by atoms with Crippen molar-refractivity contribution in [1.29, 1.82) is 0 Å². The SMILES string of the molecule is O=CC[C@H](O)C[C@H](O)/C=C/c1c(C2CC2)nc2ccccc2c1-c1ccc(F)cc1. The number of nitrogens with zero attached hydrogens (tertiary/aromatic N) is 1. The van der Waals surface area contributed by atoms with Crippen molar-refractivity contribution in [2.45, 2.75) is 43.8 Å². The summed E-state index contributed by atoms with van der Waals surface area (Å²) in [5.41, 5.74) is 4.61. The largest absolute Gasteiger partial charge is 0.393 e. The predicted octanol–water partition coefficient (Wildman–Crippen LogP) is 4.63. The van der Waals surface area contributed by atoms with Crippen LogP contribution in [0.3, 0.4) is 0 Å². The predicted molar refractivity (Wildman–Crippen MR) is 115 cm³/mol. The molecule has 1 heterocycles. The van der Waals surface area contributed by atoms with E-state index in [1.807, 2.05) is 30.3 Å². The van der Waals surface area contributed by atoms with Crippen LogP contribution in [-0.2, 0) is 4.79 Å². The van der Waals surface area contributed by atoms with E-state index < -0.39 is 12.2 Å². The lowest BCUT2D eigenvalue weighted by atomic mass is 9.92. The fourth-order valence-electron chi connectivity index (χ4n) is 3.78. The van der Waals surface area contributed by atoms with Gasteiger partial charge in [-0.25, -0.2) is 4.39 Å².